The third kappa shape index (κ3) is 1.95. The smallest absolute Gasteiger partial charge is 0.403 e. The average molecular weight is 338 g/mol. The Morgan fingerprint density at radius 1 is 0.880 bits per heavy atom. The summed E-state index contributed by atoms with van der Waals surface area (Å²) < 4.78 is 13.1. The highest BCUT2D eigenvalue weighted by atomic mass is 16.7. The van der Waals surface area contributed by atoms with Crippen LogP contribution in [0.3, 0.4) is 0 Å². The highest BCUT2D eigenvalue weighted by Crippen LogP contribution is 2.86. The van der Waals surface area contributed by atoms with E-state index in [0.717, 1.165) is 11.8 Å². The van der Waals surface area contributed by atoms with Gasteiger partial charge in [-0.3, -0.25) is 0 Å². The Balaban J connectivity index is 1.48. The molecule has 1 saturated heterocycles. The van der Waals surface area contributed by atoms with Gasteiger partial charge in [0.1, 0.15) is 0 Å². The van der Waals surface area contributed by atoms with E-state index in [-0.39, 0.29) is 23.6 Å². The lowest BCUT2D eigenvalue weighted by molar-refractivity contribution is -0.152. The minimum atomic E-state index is -0.215. The molecule has 0 aromatic heterocycles. The van der Waals surface area contributed by atoms with Crippen LogP contribution in [0.2, 0.25) is 5.31 Å². The fraction of sp³-hybridized carbons (Fsp3) is 0.727. The molecule has 3 heteroatoms. The molecule has 5 fully saturated rings. The van der Waals surface area contributed by atoms with Crippen LogP contribution in [0.5, 0.6) is 0 Å². The topological polar surface area (TPSA) is 18.5 Å². The Hall–Kier alpha value is -0.795. The van der Waals surface area contributed by atoms with Gasteiger partial charge in [0.25, 0.3) is 0 Å². The van der Waals surface area contributed by atoms with E-state index in [2.05, 4.69) is 58.0 Å². The zero-order chi connectivity index (χ0) is 17.5. The first-order chi connectivity index (χ1) is 11.8. The SMILES string of the molecule is CC1(C)OB(C23CC(c4ccccc4)(C2)[C@@H]3C2CCCC2)OC1(C)C. The Morgan fingerprint density at radius 2 is 1.44 bits per heavy atom. The van der Waals surface area contributed by atoms with E-state index >= 15 is 0 Å². The third-order valence-corrected chi connectivity index (χ3v) is 8.45. The van der Waals surface area contributed by atoms with E-state index in [1.54, 1.807) is 5.56 Å². The summed E-state index contributed by atoms with van der Waals surface area (Å²) in [4.78, 5) is 0. The summed E-state index contributed by atoms with van der Waals surface area (Å²) in [6, 6.07) is 11.3. The molecule has 1 heterocycles. The van der Waals surface area contributed by atoms with E-state index in [1.807, 2.05) is 0 Å². The van der Waals surface area contributed by atoms with Gasteiger partial charge in [0.05, 0.1) is 11.2 Å². The van der Waals surface area contributed by atoms with Crippen LogP contribution in [0, 0.1) is 11.8 Å². The zero-order valence-corrected chi connectivity index (χ0v) is 16.2. The molecule has 0 N–H and O–H groups in total. The number of hydrogen-bond acceptors (Lipinski definition) is 2. The van der Waals surface area contributed by atoms with Gasteiger partial charge in [-0.25, -0.2) is 0 Å². The van der Waals surface area contributed by atoms with Gasteiger partial charge in [0.15, 0.2) is 0 Å². The summed E-state index contributed by atoms with van der Waals surface area (Å²) in [5.41, 5.74) is 1.53. The second-order valence-electron chi connectivity index (χ2n) is 10.2. The number of hydrogen-bond donors (Lipinski definition) is 0. The largest absolute Gasteiger partial charge is 0.464 e. The second kappa shape index (κ2) is 4.92. The predicted octanol–water partition coefficient (Wildman–Crippen LogP) is 5.37. The van der Waals surface area contributed by atoms with Crippen molar-refractivity contribution in [3.63, 3.8) is 0 Å². The molecule has 25 heavy (non-hydrogen) atoms. The minimum Gasteiger partial charge on any atom is -0.403 e. The molecule has 1 aromatic carbocycles. The maximum absolute atomic E-state index is 6.56. The van der Waals surface area contributed by atoms with Crippen LogP contribution in [0.1, 0.15) is 71.8 Å². The summed E-state index contributed by atoms with van der Waals surface area (Å²) in [6.45, 7) is 8.76. The van der Waals surface area contributed by atoms with Gasteiger partial charge in [-0.1, -0.05) is 56.0 Å². The first-order valence-electron chi connectivity index (χ1n) is 10.2. The standard InChI is InChI=1S/C22H31BO2/c1-19(2)20(3,4)25-23(24-19)22-14-21(15-22,17-12-6-5-7-13-17)18(22)16-10-8-9-11-16/h5-7,12-13,16,18H,8-11,14-15H2,1-4H3/t18-,21?,22?/m0/s1. The Labute approximate surface area is 152 Å². The molecule has 4 saturated carbocycles. The highest BCUT2D eigenvalue weighted by Gasteiger charge is 2.83. The number of benzene rings is 1. The lowest BCUT2D eigenvalue weighted by Gasteiger charge is -2.79. The molecule has 0 radical (unpaired) electrons. The molecular formula is C22H31BO2. The molecule has 0 unspecified atom stereocenters. The van der Waals surface area contributed by atoms with Crippen molar-refractivity contribution < 1.29 is 9.31 Å². The molecule has 2 nitrogen and oxygen atoms in total. The monoisotopic (exact) mass is 338 g/mol. The van der Waals surface area contributed by atoms with Crippen LogP contribution in [0.4, 0.5) is 0 Å². The minimum absolute atomic E-state index is 0.0197. The van der Waals surface area contributed by atoms with Crippen molar-refractivity contribution >= 4 is 7.12 Å². The molecule has 6 rings (SSSR count). The van der Waals surface area contributed by atoms with Gasteiger partial charge in [-0.15, -0.1) is 0 Å². The van der Waals surface area contributed by atoms with Crippen molar-refractivity contribution in [3.8, 4) is 0 Å². The highest BCUT2D eigenvalue weighted by molar-refractivity contribution is 6.51. The molecule has 2 bridgehead atoms. The molecule has 134 valence electrons. The van der Waals surface area contributed by atoms with Crippen molar-refractivity contribution in [2.45, 2.75) is 88.2 Å². The van der Waals surface area contributed by atoms with E-state index in [1.165, 1.54) is 38.5 Å². The van der Waals surface area contributed by atoms with E-state index in [0.29, 0.717) is 5.41 Å². The lowest BCUT2D eigenvalue weighted by Crippen LogP contribution is -2.75. The van der Waals surface area contributed by atoms with E-state index in [4.69, 9.17) is 9.31 Å². The maximum Gasteiger partial charge on any atom is 0.464 e. The van der Waals surface area contributed by atoms with Crippen LogP contribution in [0.15, 0.2) is 30.3 Å². The molecule has 4 aliphatic carbocycles. The van der Waals surface area contributed by atoms with Gasteiger partial charge in [-0.2, -0.15) is 0 Å². The van der Waals surface area contributed by atoms with Crippen molar-refractivity contribution in [2.24, 2.45) is 11.8 Å². The van der Waals surface area contributed by atoms with Crippen LogP contribution in [-0.2, 0) is 14.7 Å². The molecule has 0 amide bonds. The van der Waals surface area contributed by atoms with Crippen molar-refractivity contribution in [2.75, 3.05) is 0 Å². The first-order valence-corrected chi connectivity index (χ1v) is 10.2. The van der Waals surface area contributed by atoms with E-state index in [9.17, 15) is 0 Å². The lowest BCUT2D eigenvalue weighted by atomic mass is 9.16. The maximum atomic E-state index is 6.56. The predicted molar refractivity (Wildman–Crippen MR) is 102 cm³/mol. The zero-order valence-electron chi connectivity index (χ0n) is 16.2. The Morgan fingerprint density at radius 3 is 2.00 bits per heavy atom. The third-order valence-electron chi connectivity index (χ3n) is 8.45. The normalized spacial score (nSPS) is 41.4. The van der Waals surface area contributed by atoms with Gasteiger partial charge in [0, 0.05) is 5.31 Å². The van der Waals surface area contributed by atoms with Gasteiger partial charge in [0.2, 0.25) is 0 Å². The van der Waals surface area contributed by atoms with Crippen LogP contribution in [-0.4, -0.2) is 18.3 Å². The molecule has 1 atom stereocenters. The molecule has 5 aliphatic rings. The fourth-order valence-corrected chi connectivity index (χ4v) is 6.61. The van der Waals surface area contributed by atoms with Gasteiger partial charge < -0.3 is 9.31 Å². The average Bonchev–Trinajstić information content (AvgIpc) is 3.05. The van der Waals surface area contributed by atoms with Crippen molar-refractivity contribution in [1.82, 2.24) is 0 Å². The first kappa shape index (κ1) is 16.4. The van der Waals surface area contributed by atoms with Crippen LogP contribution in [0.25, 0.3) is 0 Å². The van der Waals surface area contributed by atoms with Crippen molar-refractivity contribution in [3.05, 3.63) is 35.9 Å². The second-order valence-corrected chi connectivity index (χ2v) is 10.2. The quantitative estimate of drug-likeness (QED) is 0.690. The Kier molecular flexibility index (Phi) is 3.23. The summed E-state index contributed by atoms with van der Waals surface area (Å²) in [5, 5.41) is 0.260. The fourth-order valence-electron chi connectivity index (χ4n) is 6.61. The van der Waals surface area contributed by atoms with Crippen LogP contribution >= 0.6 is 0 Å². The van der Waals surface area contributed by atoms with Gasteiger partial charge in [-0.05, 0) is 63.4 Å². The molecular weight excluding hydrogens is 307 g/mol. The summed E-state index contributed by atoms with van der Waals surface area (Å²) in [5.74, 6) is 1.61. The Bertz CT molecular complexity index is 653. The van der Waals surface area contributed by atoms with Gasteiger partial charge >= 0.3 is 7.12 Å². The van der Waals surface area contributed by atoms with E-state index < -0.39 is 0 Å². The summed E-state index contributed by atoms with van der Waals surface area (Å²) >= 11 is 0. The number of rotatable bonds is 3. The molecule has 1 aliphatic heterocycles. The summed E-state index contributed by atoms with van der Waals surface area (Å²) in [6.07, 6.45) is 8.13. The molecule has 0 spiro atoms. The summed E-state index contributed by atoms with van der Waals surface area (Å²) in [7, 11) is -0.0197. The van der Waals surface area contributed by atoms with Crippen molar-refractivity contribution in [1.29, 1.82) is 0 Å². The molecule has 1 aromatic rings. The van der Waals surface area contributed by atoms with Crippen LogP contribution < -0.4 is 0 Å².